The van der Waals surface area contributed by atoms with Gasteiger partial charge in [0.25, 0.3) is 0 Å². The zero-order valence-corrected chi connectivity index (χ0v) is 13.8. The number of rotatable bonds is 3. The predicted molar refractivity (Wildman–Crippen MR) is 81.5 cm³/mol. The molecule has 6 heteroatoms. The van der Waals surface area contributed by atoms with Crippen molar-refractivity contribution < 1.29 is 0 Å². The summed E-state index contributed by atoms with van der Waals surface area (Å²) in [6.45, 7) is 10.1. The Labute approximate surface area is 128 Å². The molecule has 2 aromatic heterocycles. The summed E-state index contributed by atoms with van der Waals surface area (Å²) in [6, 6.07) is 1.74. The van der Waals surface area contributed by atoms with Gasteiger partial charge in [0, 0.05) is 23.4 Å². The molecule has 2 aromatic rings. The van der Waals surface area contributed by atoms with E-state index in [1.807, 2.05) is 34.6 Å². The van der Waals surface area contributed by atoms with Crippen LogP contribution in [0.1, 0.15) is 42.5 Å². The maximum absolute atomic E-state index is 6.04. The standard InChI is InChI=1S/C14H17ClN4S/c1-7(2)13-18-11(15)6-12(19-13)20-14-16-9(4)8(3)10(5)17-14/h6-7H,1-5H3. The Kier molecular flexibility index (Phi) is 4.60. The van der Waals surface area contributed by atoms with Gasteiger partial charge in [-0.05, 0) is 38.1 Å². The normalized spacial score (nSPS) is 11.2. The van der Waals surface area contributed by atoms with Crippen LogP contribution < -0.4 is 0 Å². The summed E-state index contributed by atoms with van der Waals surface area (Å²) in [5.74, 6) is 0.969. The molecule has 4 nitrogen and oxygen atoms in total. The van der Waals surface area contributed by atoms with Gasteiger partial charge in [0.15, 0.2) is 5.16 Å². The SMILES string of the molecule is Cc1nc(Sc2cc(Cl)nc(C(C)C)n2)nc(C)c1C. The lowest BCUT2D eigenvalue weighted by Crippen LogP contribution is -2.01. The van der Waals surface area contributed by atoms with Gasteiger partial charge in [0.05, 0.1) is 0 Å². The molecule has 0 amide bonds. The molecule has 2 rings (SSSR count). The summed E-state index contributed by atoms with van der Waals surface area (Å²) < 4.78 is 0. The maximum atomic E-state index is 6.04. The van der Waals surface area contributed by atoms with Crippen molar-refractivity contribution in [2.45, 2.75) is 50.7 Å². The Hall–Kier alpha value is -1.20. The summed E-state index contributed by atoms with van der Waals surface area (Å²) in [4.78, 5) is 17.7. The molecule has 2 heterocycles. The first-order chi connectivity index (χ1) is 9.36. The van der Waals surface area contributed by atoms with Crippen LogP contribution >= 0.6 is 23.4 Å². The van der Waals surface area contributed by atoms with E-state index in [1.54, 1.807) is 6.07 Å². The third-order valence-corrected chi connectivity index (χ3v) is 3.99. The summed E-state index contributed by atoms with van der Waals surface area (Å²) in [5, 5.41) is 1.91. The first-order valence-electron chi connectivity index (χ1n) is 6.41. The number of aryl methyl sites for hydroxylation is 2. The second kappa shape index (κ2) is 6.06. The molecule has 0 aliphatic rings. The van der Waals surface area contributed by atoms with Crippen LogP contribution in [0.4, 0.5) is 0 Å². The van der Waals surface area contributed by atoms with Crippen LogP contribution in [0.25, 0.3) is 0 Å². The monoisotopic (exact) mass is 308 g/mol. The molecule has 106 valence electrons. The molecule has 0 fully saturated rings. The van der Waals surface area contributed by atoms with E-state index < -0.39 is 0 Å². The second-order valence-electron chi connectivity index (χ2n) is 4.95. The Morgan fingerprint density at radius 3 is 2.15 bits per heavy atom. The predicted octanol–water partition coefficient (Wildman–Crippen LogP) is 4.12. The molecular formula is C14H17ClN4S. The first kappa shape index (κ1) is 15.2. The van der Waals surface area contributed by atoms with E-state index >= 15 is 0 Å². The van der Waals surface area contributed by atoms with Crippen molar-refractivity contribution in [1.29, 1.82) is 0 Å². The summed E-state index contributed by atoms with van der Waals surface area (Å²) in [5.41, 5.74) is 3.10. The molecule has 0 saturated heterocycles. The Morgan fingerprint density at radius 1 is 1.00 bits per heavy atom. The zero-order valence-electron chi connectivity index (χ0n) is 12.2. The third kappa shape index (κ3) is 3.46. The van der Waals surface area contributed by atoms with Crippen LogP contribution in [0, 0.1) is 20.8 Å². The van der Waals surface area contributed by atoms with Crippen LogP contribution in [-0.4, -0.2) is 19.9 Å². The summed E-state index contributed by atoms with van der Waals surface area (Å²) in [6.07, 6.45) is 0. The summed E-state index contributed by atoms with van der Waals surface area (Å²) >= 11 is 7.46. The van der Waals surface area contributed by atoms with Crippen molar-refractivity contribution in [1.82, 2.24) is 19.9 Å². The van der Waals surface area contributed by atoms with E-state index in [0.717, 1.165) is 27.8 Å². The first-order valence-corrected chi connectivity index (χ1v) is 7.60. The van der Waals surface area contributed by atoms with Crippen LogP contribution in [0.15, 0.2) is 16.2 Å². The minimum absolute atomic E-state index is 0.232. The fraction of sp³-hybridized carbons (Fsp3) is 0.429. The smallest absolute Gasteiger partial charge is 0.194 e. The number of hydrogen-bond acceptors (Lipinski definition) is 5. The maximum Gasteiger partial charge on any atom is 0.194 e. The molecule has 20 heavy (non-hydrogen) atoms. The van der Waals surface area contributed by atoms with Crippen LogP contribution in [0.2, 0.25) is 5.15 Å². The Morgan fingerprint density at radius 2 is 1.60 bits per heavy atom. The molecule has 0 unspecified atom stereocenters. The lowest BCUT2D eigenvalue weighted by atomic mass is 10.2. The largest absolute Gasteiger partial charge is 0.227 e. The lowest BCUT2D eigenvalue weighted by Gasteiger charge is -2.08. The minimum atomic E-state index is 0.232. The molecule has 0 spiro atoms. The van der Waals surface area contributed by atoms with E-state index in [2.05, 4.69) is 19.9 Å². The van der Waals surface area contributed by atoms with Gasteiger partial charge in [-0.15, -0.1) is 0 Å². The van der Waals surface area contributed by atoms with Crippen LogP contribution in [0.5, 0.6) is 0 Å². The Bertz CT molecular complexity index is 620. The van der Waals surface area contributed by atoms with Gasteiger partial charge in [-0.1, -0.05) is 25.4 Å². The lowest BCUT2D eigenvalue weighted by molar-refractivity contribution is 0.752. The fourth-order valence-corrected chi connectivity index (χ4v) is 2.72. The second-order valence-corrected chi connectivity index (χ2v) is 6.32. The summed E-state index contributed by atoms with van der Waals surface area (Å²) in [7, 11) is 0. The number of aromatic nitrogens is 4. The van der Waals surface area contributed by atoms with E-state index in [4.69, 9.17) is 11.6 Å². The molecular weight excluding hydrogens is 292 g/mol. The molecule has 0 aliphatic carbocycles. The molecule has 0 N–H and O–H groups in total. The van der Waals surface area contributed by atoms with Crippen molar-refractivity contribution in [2.24, 2.45) is 0 Å². The third-order valence-electron chi connectivity index (χ3n) is 3.01. The average Bonchev–Trinajstić information content (AvgIpc) is 2.35. The highest BCUT2D eigenvalue weighted by atomic mass is 35.5. The quantitative estimate of drug-likeness (QED) is 0.630. The molecule has 0 atom stereocenters. The van der Waals surface area contributed by atoms with Crippen molar-refractivity contribution in [2.75, 3.05) is 0 Å². The van der Waals surface area contributed by atoms with Gasteiger partial charge in [-0.3, -0.25) is 0 Å². The Balaban J connectivity index is 2.35. The van der Waals surface area contributed by atoms with Crippen molar-refractivity contribution >= 4 is 23.4 Å². The number of nitrogens with zero attached hydrogens (tertiary/aromatic N) is 4. The molecule has 0 aromatic carbocycles. The van der Waals surface area contributed by atoms with Gasteiger partial charge in [-0.2, -0.15) is 0 Å². The molecule has 0 radical (unpaired) electrons. The van der Waals surface area contributed by atoms with E-state index in [1.165, 1.54) is 11.8 Å². The van der Waals surface area contributed by atoms with Crippen molar-refractivity contribution in [3.05, 3.63) is 34.0 Å². The van der Waals surface area contributed by atoms with Gasteiger partial charge in [0.2, 0.25) is 0 Å². The highest BCUT2D eigenvalue weighted by Gasteiger charge is 2.11. The molecule has 0 aliphatic heterocycles. The van der Waals surface area contributed by atoms with Gasteiger partial charge >= 0.3 is 0 Å². The zero-order chi connectivity index (χ0) is 14.9. The van der Waals surface area contributed by atoms with Crippen molar-refractivity contribution in [3.8, 4) is 0 Å². The highest BCUT2D eigenvalue weighted by Crippen LogP contribution is 2.27. The minimum Gasteiger partial charge on any atom is -0.227 e. The van der Waals surface area contributed by atoms with Crippen LogP contribution in [-0.2, 0) is 0 Å². The van der Waals surface area contributed by atoms with Crippen molar-refractivity contribution in [3.63, 3.8) is 0 Å². The van der Waals surface area contributed by atoms with E-state index in [9.17, 15) is 0 Å². The number of hydrogen-bond donors (Lipinski definition) is 0. The molecule has 0 bridgehead atoms. The fourth-order valence-electron chi connectivity index (χ4n) is 1.60. The van der Waals surface area contributed by atoms with E-state index in [0.29, 0.717) is 10.3 Å². The van der Waals surface area contributed by atoms with E-state index in [-0.39, 0.29) is 5.92 Å². The number of halogens is 1. The van der Waals surface area contributed by atoms with Gasteiger partial charge in [-0.25, -0.2) is 19.9 Å². The molecule has 0 saturated carbocycles. The van der Waals surface area contributed by atoms with Gasteiger partial charge in [0.1, 0.15) is 16.0 Å². The van der Waals surface area contributed by atoms with Gasteiger partial charge < -0.3 is 0 Å². The van der Waals surface area contributed by atoms with Crippen LogP contribution in [0.3, 0.4) is 0 Å². The topological polar surface area (TPSA) is 51.6 Å². The highest BCUT2D eigenvalue weighted by molar-refractivity contribution is 7.99. The average molecular weight is 309 g/mol.